The number of halogens is 1. The molecule has 2 aromatic rings. The van der Waals surface area contributed by atoms with Crippen LogP contribution in [0.4, 0.5) is 9.39 Å². The van der Waals surface area contributed by atoms with Gasteiger partial charge in [0.2, 0.25) is 5.91 Å². The van der Waals surface area contributed by atoms with Crippen LogP contribution >= 0.6 is 11.3 Å². The second-order valence-corrected chi connectivity index (χ2v) is 8.79. The molecule has 1 aromatic carbocycles. The van der Waals surface area contributed by atoms with Gasteiger partial charge in [-0.15, -0.1) is 11.3 Å². The fourth-order valence-corrected chi connectivity index (χ4v) is 5.67. The van der Waals surface area contributed by atoms with Crippen molar-refractivity contribution in [3.05, 3.63) is 52.7 Å². The van der Waals surface area contributed by atoms with Crippen molar-refractivity contribution in [2.24, 2.45) is 23.7 Å². The molecule has 1 fully saturated rings. The third-order valence-electron chi connectivity index (χ3n) is 5.89. The number of esters is 1. The number of aliphatic carboxylic acids is 1. The Morgan fingerprint density at radius 2 is 1.77 bits per heavy atom. The van der Waals surface area contributed by atoms with Crippen LogP contribution in [0.1, 0.15) is 21.7 Å². The van der Waals surface area contributed by atoms with E-state index in [1.165, 1.54) is 30.6 Å². The molecule has 8 heteroatoms. The first-order valence-corrected chi connectivity index (χ1v) is 10.3. The van der Waals surface area contributed by atoms with Crippen molar-refractivity contribution in [1.29, 1.82) is 0 Å². The summed E-state index contributed by atoms with van der Waals surface area (Å²) in [6.07, 6.45) is 4.41. The smallest absolute Gasteiger partial charge is 0.341 e. The fraction of sp³-hybridized carbons (Fsp3) is 0.318. The highest BCUT2D eigenvalue weighted by atomic mass is 32.1. The molecule has 4 rings (SSSR count). The minimum absolute atomic E-state index is 0.129. The van der Waals surface area contributed by atoms with Crippen LogP contribution in [0.5, 0.6) is 0 Å². The van der Waals surface area contributed by atoms with Crippen LogP contribution in [0.3, 0.4) is 0 Å². The first-order valence-electron chi connectivity index (χ1n) is 9.51. The van der Waals surface area contributed by atoms with Crippen molar-refractivity contribution in [3.8, 4) is 11.1 Å². The molecule has 0 radical (unpaired) electrons. The molecule has 1 saturated carbocycles. The highest BCUT2D eigenvalue weighted by Crippen LogP contribution is 2.49. The number of carbonyl (C=O) groups excluding carboxylic acids is 2. The topological polar surface area (TPSA) is 92.7 Å². The summed E-state index contributed by atoms with van der Waals surface area (Å²) < 4.78 is 18.3. The van der Waals surface area contributed by atoms with Crippen LogP contribution in [0, 0.1) is 36.4 Å². The molecule has 1 aromatic heterocycles. The van der Waals surface area contributed by atoms with Gasteiger partial charge in [-0.3, -0.25) is 9.59 Å². The SMILES string of the molecule is COC(=O)c1c(NC(=O)[C@@H]2[C@@H](C(=O)O)[C@H]3C=C[C@@H]2C3)sc(C)c1-c1ccc(F)cc1. The maximum absolute atomic E-state index is 13.4. The predicted octanol–water partition coefficient (Wildman–Crippen LogP) is 4.11. The number of aryl methyl sites for hydroxylation is 1. The van der Waals surface area contributed by atoms with E-state index in [9.17, 15) is 23.9 Å². The summed E-state index contributed by atoms with van der Waals surface area (Å²) in [5, 5.41) is 12.7. The van der Waals surface area contributed by atoms with Gasteiger partial charge in [0.25, 0.3) is 0 Å². The second-order valence-electron chi connectivity index (χ2n) is 7.56. The molecule has 4 atom stereocenters. The van der Waals surface area contributed by atoms with Gasteiger partial charge in [-0.05, 0) is 42.9 Å². The van der Waals surface area contributed by atoms with E-state index >= 15 is 0 Å². The summed E-state index contributed by atoms with van der Waals surface area (Å²) in [6, 6.07) is 5.71. The number of amides is 1. The Morgan fingerprint density at radius 3 is 2.37 bits per heavy atom. The molecule has 1 heterocycles. The minimum atomic E-state index is -0.991. The molecule has 2 bridgehead atoms. The molecule has 0 spiro atoms. The van der Waals surface area contributed by atoms with E-state index in [2.05, 4.69) is 5.32 Å². The molecular weight excluding hydrogens is 409 g/mol. The summed E-state index contributed by atoms with van der Waals surface area (Å²) in [5.41, 5.74) is 1.37. The van der Waals surface area contributed by atoms with Gasteiger partial charge in [0.1, 0.15) is 16.4 Å². The maximum atomic E-state index is 13.4. The van der Waals surface area contributed by atoms with Gasteiger partial charge >= 0.3 is 11.9 Å². The largest absolute Gasteiger partial charge is 0.481 e. The van der Waals surface area contributed by atoms with Crippen LogP contribution in [0.2, 0.25) is 0 Å². The van der Waals surface area contributed by atoms with Crippen molar-refractivity contribution in [3.63, 3.8) is 0 Å². The van der Waals surface area contributed by atoms with Crippen molar-refractivity contribution >= 4 is 34.2 Å². The third kappa shape index (κ3) is 3.31. The number of benzene rings is 1. The Bertz CT molecular complexity index is 1060. The number of nitrogens with one attached hydrogen (secondary N) is 1. The van der Waals surface area contributed by atoms with Crippen LogP contribution in [-0.2, 0) is 14.3 Å². The van der Waals surface area contributed by atoms with E-state index in [0.29, 0.717) is 22.5 Å². The Labute approximate surface area is 176 Å². The predicted molar refractivity (Wildman–Crippen MR) is 110 cm³/mol. The van der Waals surface area contributed by atoms with E-state index in [0.717, 1.165) is 4.88 Å². The number of carboxylic acids is 1. The fourth-order valence-electron chi connectivity index (χ4n) is 4.61. The van der Waals surface area contributed by atoms with Crippen LogP contribution < -0.4 is 5.32 Å². The molecular formula is C22H20FNO5S. The molecule has 2 aliphatic rings. The van der Waals surface area contributed by atoms with Gasteiger partial charge in [0, 0.05) is 10.4 Å². The lowest BCUT2D eigenvalue weighted by atomic mass is 9.82. The van der Waals surface area contributed by atoms with E-state index in [1.54, 1.807) is 19.1 Å². The molecule has 2 N–H and O–H groups in total. The first-order chi connectivity index (χ1) is 14.3. The second kappa shape index (κ2) is 7.68. The number of anilines is 1. The lowest BCUT2D eigenvalue weighted by molar-refractivity contribution is -0.146. The van der Waals surface area contributed by atoms with Gasteiger partial charge in [0.05, 0.1) is 18.9 Å². The van der Waals surface area contributed by atoms with Gasteiger partial charge in [0.15, 0.2) is 0 Å². The van der Waals surface area contributed by atoms with Gasteiger partial charge in [-0.25, -0.2) is 9.18 Å². The Balaban J connectivity index is 1.71. The number of thiophene rings is 1. The third-order valence-corrected chi connectivity index (χ3v) is 6.91. The minimum Gasteiger partial charge on any atom is -0.481 e. The average Bonchev–Trinajstić information content (AvgIpc) is 3.41. The number of methoxy groups -OCH3 is 1. The standard InChI is InChI=1S/C22H20FNO5S/c1-10-15(11-5-7-14(23)8-6-11)18(22(28)29-2)20(30-10)24-19(25)16-12-3-4-13(9-12)17(16)21(26)27/h3-8,12-13,16-17H,9H2,1-2H3,(H,24,25)(H,26,27)/t12-,13+,16+,17+/m1/s1. The number of carboxylic acid groups (broad SMARTS) is 1. The van der Waals surface area contributed by atoms with Crippen LogP contribution in [0.25, 0.3) is 11.1 Å². The zero-order valence-electron chi connectivity index (χ0n) is 16.3. The monoisotopic (exact) mass is 429 g/mol. The van der Waals surface area contributed by atoms with Crippen molar-refractivity contribution in [2.45, 2.75) is 13.3 Å². The number of allylic oxidation sites excluding steroid dienone is 2. The average molecular weight is 429 g/mol. The molecule has 2 aliphatic carbocycles. The highest BCUT2D eigenvalue weighted by Gasteiger charge is 2.51. The zero-order chi connectivity index (χ0) is 21.6. The summed E-state index contributed by atoms with van der Waals surface area (Å²) in [6.45, 7) is 1.80. The van der Waals surface area contributed by atoms with Crippen molar-refractivity contribution < 1.29 is 28.6 Å². The molecule has 0 aliphatic heterocycles. The van der Waals surface area contributed by atoms with Gasteiger partial charge in [-0.2, -0.15) is 0 Å². The summed E-state index contributed by atoms with van der Waals surface area (Å²) >= 11 is 1.21. The lowest BCUT2D eigenvalue weighted by Gasteiger charge is -2.23. The van der Waals surface area contributed by atoms with Crippen molar-refractivity contribution in [2.75, 3.05) is 12.4 Å². The molecule has 1 amide bonds. The lowest BCUT2D eigenvalue weighted by Crippen LogP contribution is -2.36. The van der Waals surface area contributed by atoms with Gasteiger partial charge in [-0.1, -0.05) is 24.3 Å². The quantitative estimate of drug-likeness (QED) is 0.551. The molecule has 6 nitrogen and oxygen atoms in total. The normalized spacial score (nSPS) is 24.1. The maximum Gasteiger partial charge on any atom is 0.341 e. The number of carbonyl (C=O) groups is 3. The first kappa shape index (κ1) is 20.3. The number of rotatable bonds is 5. The Hall–Kier alpha value is -3.00. The van der Waals surface area contributed by atoms with Crippen LogP contribution in [-0.4, -0.2) is 30.1 Å². The summed E-state index contributed by atoms with van der Waals surface area (Å²) in [4.78, 5) is 38.1. The number of hydrogen-bond acceptors (Lipinski definition) is 5. The Morgan fingerprint density at radius 1 is 1.13 bits per heavy atom. The molecule has 0 unspecified atom stereocenters. The molecule has 0 saturated heterocycles. The molecule has 156 valence electrons. The van der Waals surface area contributed by atoms with E-state index < -0.39 is 35.5 Å². The van der Waals surface area contributed by atoms with E-state index in [1.807, 2.05) is 12.2 Å². The zero-order valence-corrected chi connectivity index (χ0v) is 17.2. The Kier molecular flexibility index (Phi) is 5.19. The van der Waals surface area contributed by atoms with Gasteiger partial charge < -0.3 is 15.2 Å². The summed E-state index contributed by atoms with van der Waals surface area (Å²) in [5.74, 6) is -4.19. The van der Waals surface area contributed by atoms with E-state index in [-0.39, 0.29) is 17.4 Å². The van der Waals surface area contributed by atoms with Crippen molar-refractivity contribution in [1.82, 2.24) is 0 Å². The number of hydrogen-bond donors (Lipinski definition) is 2. The van der Waals surface area contributed by atoms with E-state index in [4.69, 9.17) is 4.74 Å². The molecule has 30 heavy (non-hydrogen) atoms. The number of fused-ring (bicyclic) bond motifs is 2. The summed E-state index contributed by atoms with van der Waals surface area (Å²) in [7, 11) is 1.25. The highest BCUT2D eigenvalue weighted by molar-refractivity contribution is 7.17. The van der Waals surface area contributed by atoms with Crippen LogP contribution in [0.15, 0.2) is 36.4 Å². The number of ether oxygens (including phenoxy) is 1.